The van der Waals surface area contributed by atoms with E-state index >= 15 is 0 Å². The molecule has 0 fully saturated rings. The highest BCUT2D eigenvalue weighted by Gasteiger charge is 2.18. The zero-order valence-corrected chi connectivity index (χ0v) is 12.4. The molecule has 1 heterocycles. The monoisotopic (exact) mass is 299 g/mol. The Balaban J connectivity index is 2.24. The van der Waals surface area contributed by atoms with E-state index in [1.165, 1.54) is 11.3 Å². The maximum absolute atomic E-state index is 11.5. The van der Waals surface area contributed by atoms with E-state index in [0.717, 1.165) is 0 Å². The molecule has 1 aromatic heterocycles. The van der Waals surface area contributed by atoms with Gasteiger partial charge >= 0.3 is 11.9 Å². The van der Waals surface area contributed by atoms with Gasteiger partial charge in [-0.2, -0.15) is 0 Å². The van der Waals surface area contributed by atoms with Gasteiger partial charge in [0.1, 0.15) is 12.1 Å². The van der Waals surface area contributed by atoms with Crippen LogP contribution in [0, 0.1) is 0 Å². The lowest BCUT2D eigenvalue weighted by atomic mass is 10.2. The van der Waals surface area contributed by atoms with Crippen molar-refractivity contribution in [3.05, 3.63) is 22.4 Å². The quantitative estimate of drug-likeness (QED) is 0.830. The van der Waals surface area contributed by atoms with E-state index < -0.39 is 24.1 Å². The number of esters is 2. The summed E-state index contributed by atoms with van der Waals surface area (Å²) in [5.74, 6) is -1.68. The number of ether oxygens (including phenoxy) is 2. The van der Waals surface area contributed by atoms with Crippen molar-refractivity contribution < 1.29 is 23.9 Å². The summed E-state index contributed by atoms with van der Waals surface area (Å²) in [4.78, 5) is 34.7. The number of rotatable bonds is 5. The van der Waals surface area contributed by atoms with Crippen LogP contribution in [-0.2, 0) is 19.1 Å². The van der Waals surface area contributed by atoms with Crippen molar-refractivity contribution in [2.24, 2.45) is 0 Å². The van der Waals surface area contributed by atoms with Crippen LogP contribution in [0.3, 0.4) is 0 Å². The van der Waals surface area contributed by atoms with E-state index in [2.05, 4.69) is 5.32 Å². The molecule has 0 unspecified atom stereocenters. The summed E-state index contributed by atoms with van der Waals surface area (Å²) >= 11 is 1.27. The smallest absolute Gasteiger partial charge is 0.344 e. The van der Waals surface area contributed by atoms with Gasteiger partial charge in [-0.05, 0) is 32.2 Å². The summed E-state index contributed by atoms with van der Waals surface area (Å²) in [6, 6.07) is 3.38. The van der Waals surface area contributed by atoms with Gasteiger partial charge in [-0.3, -0.25) is 9.59 Å². The Kier molecular flexibility index (Phi) is 5.69. The van der Waals surface area contributed by atoms with E-state index in [-0.39, 0.29) is 12.5 Å². The molecule has 0 aliphatic rings. The van der Waals surface area contributed by atoms with E-state index in [4.69, 9.17) is 9.47 Å². The van der Waals surface area contributed by atoms with Crippen LogP contribution in [0.5, 0.6) is 0 Å². The Labute approximate surface area is 121 Å². The van der Waals surface area contributed by atoms with Gasteiger partial charge in [-0.1, -0.05) is 6.07 Å². The third-order valence-corrected chi connectivity index (χ3v) is 2.78. The van der Waals surface area contributed by atoms with Crippen LogP contribution in [0.1, 0.15) is 30.4 Å². The molecular weight excluding hydrogens is 282 g/mol. The summed E-state index contributed by atoms with van der Waals surface area (Å²) in [6.07, 6.45) is 0. The molecule has 1 N–H and O–H groups in total. The van der Waals surface area contributed by atoms with Crippen molar-refractivity contribution in [1.29, 1.82) is 0 Å². The highest BCUT2D eigenvalue weighted by molar-refractivity contribution is 7.12. The van der Waals surface area contributed by atoms with Crippen molar-refractivity contribution in [2.75, 3.05) is 13.2 Å². The Morgan fingerprint density at radius 1 is 1.25 bits per heavy atom. The highest BCUT2D eigenvalue weighted by Crippen LogP contribution is 2.08. The van der Waals surface area contributed by atoms with Crippen molar-refractivity contribution in [1.82, 2.24) is 5.32 Å². The average molecular weight is 299 g/mol. The molecular formula is C13H17NO5S. The zero-order valence-electron chi connectivity index (χ0n) is 11.6. The second-order valence-electron chi connectivity index (χ2n) is 4.91. The molecule has 0 aromatic carbocycles. The summed E-state index contributed by atoms with van der Waals surface area (Å²) in [6.45, 7) is 4.39. The predicted molar refractivity (Wildman–Crippen MR) is 73.5 cm³/mol. The van der Waals surface area contributed by atoms with Gasteiger partial charge in [-0.15, -0.1) is 11.3 Å². The van der Waals surface area contributed by atoms with E-state index in [1.807, 2.05) is 0 Å². The van der Waals surface area contributed by atoms with E-state index in [9.17, 15) is 14.4 Å². The molecule has 0 atom stereocenters. The first-order valence-electron chi connectivity index (χ1n) is 5.97. The van der Waals surface area contributed by atoms with Gasteiger partial charge in [-0.25, -0.2) is 4.79 Å². The van der Waals surface area contributed by atoms with Gasteiger partial charge in [0.25, 0.3) is 5.91 Å². The zero-order chi connectivity index (χ0) is 15.2. The molecule has 6 nitrogen and oxygen atoms in total. The minimum atomic E-state index is -0.694. The molecule has 1 rings (SSSR count). The fourth-order valence-corrected chi connectivity index (χ4v) is 1.85. The lowest BCUT2D eigenvalue weighted by Gasteiger charge is -2.19. The molecule has 0 aliphatic heterocycles. The molecule has 1 amide bonds. The Morgan fingerprint density at radius 3 is 2.50 bits per heavy atom. The number of hydrogen-bond donors (Lipinski definition) is 1. The average Bonchev–Trinajstić information content (AvgIpc) is 2.85. The molecule has 0 saturated carbocycles. The number of thiophene rings is 1. The van der Waals surface area contributed by atoms with Crippen molar-refractivity contribution in [2.45, 2.75) is 26.4 Å². The molecule has 20 heavy (non-hydrogen) atoms. The van der Waals surface area contributed by atoms with Crippen LogP contribution in [0.25, 0.3) is 0 Å². The fourth-order valence-electron chi connectivity index (χ4n) is 1.21. The molecule has 0 radical (unpaired) electrons. The number of amides is 1. The molecule has 0 saturated heterocycles. The van der Waals surface area contributed by atoms with Crippen LogP contribution in [0.15, 0.2) is 17.5 Å². The van der Waals surface area contributed by atoms with E-state index in [0.29, 0.717) is 4.88 Å². The summed E-state index contributed by atoms with van der Waals surface area (Å²) in [7, 11) is 0. The number of nitrogens with one attached hydrogen (secondary N) is 1. The van der Waals surface area contributed by atoms with Gasteiger partial charge in [0.2, 0.25) is 0 Å². The lowest BCUT2D eigenvalue weighted by Crippen LogP contribution is -2.32. The number of hydrogen-bond acceptors (Lipinski definition) is 6. The third kappa shape index (κ3) is 6.33. The second kappa shape index (κ2) is 7.04. The lowest BCUT2D eigenvalue weighted by molar-refractivity contribution is -0.166. The molecule has 0 bridgehead atoms. The summed E-state index contributed by atoms with van der Waals surface area (Å²) < 4.78 is 9.66. The van der Waals surface area contributed by atoms with Crippen molar-refractivity contribution in [3.63, 3.8) is 0 Å². The molecule has 7 heteroatoms. The van der Waals surface area contributed by atoms with Crippen LogP contribution in [0.4, 0.5) is 0 Å². The van der Waals surface area contributed by atoms with Gasteiger partial charge < -0.3 is 14.8 Å². The maximum atomic E-state index is 11.5. The largest absolute Gasteiger partial charge is 0.457 e. The fraction of sp³-hybridized carbons (Fsp3) is 0.462. The molecule has 0 spiro atoms. The minimum Gasteiger partial charge on any atom is -0.457 e. The Hall–Kier alpha value is -1.89. The first-order chi connectivity index (χ1) is 9.28. The van der Waals surface area contributed by atoms with Gasteiger partial charge in [0.15, 0.2) is 6.61 Å². The molecule has 110 valence electrons. The Morgan fingerprint density at radius 2 is 1.95 bits per heavy atom. The normalized spacial score (nSPS) is 10.8. The Bertz CT molecular complexity index is 475. The molecule has 1 aromatic rings. The second-order valence-corrected chi connectivity index (χ2v) is 5.85. The van der Waals surface area contributed by atoms with Crippen LogP contribution in [-0.4, -0.2) is 36.6 Å². The third-order valence-electron chi connectivity index (χ3n) is 1.91. The van der Waals surface area contributed by atoms with Crippen molar-refractivity contribution in [3.8, 4) is 0 Å². The van der Waals surface area contributed by atoms with Gasteiger partial charge in [0, 0.05) is 0 Å². The van der Waals surface area contributed by atoms with Crippen molar-refractivity contribution >= 4 is 29.2 Å². The summed E-state index contributed by atoms with van der Waals surface area (Å²) in [5.41, 5.74) is -0.628. The molecule has 0 aliphatic carbocycles. The standard InChI is InChI=1S/C13H17NO5S/c1-13(2,3)19-11(16)8-18-10(15)7-14-12(17)9-5-4-6-20-9/h4-6H,7-8H2,1-3H3,(H,14,17). The van der Waals surface area contributed by atoms with Crippen LogP contribution < -0.4 is 5.32 Å². The summed E-state index contributed by atoms with van der Waals surface area (Å²) in [5, 5.41) is 4.16. The van der Waals surface area contributed by atoms with Gasteiger partial charge in [0.05, 0.1) is 4.88 Å². The minimum absolute atomic E-state index is 0.292. The van der Waals surface area contributed by atoms with E-state index in [1.54, 1.807) is 38.3 Å². The first kappa shape index (κ1) is 16.2. The first-order valence-corrected chi connectivity index (χ1v) is 6.85. The number of carbonyl (C=O) groups is 3. The highest BCUT2D eigenvalue weighted by atomic mass is 32.1. The topological polar surface area (TPSA) is 81.7 Å². The predicted octanol–water partition coefficient (Wildman–Crippen LogP) is 1.36. The maximum Gasteiger partial charge on any atom is 0.344 e. The SMILES string of the molecule is CC(C)(C)OC(=O)COC(=O)CNC(=O)c1cccs1. The van der Waals surface area contributed by atoms with Crippen LogP contribution >= 0.6 is 11.3 Å². The van der Waals surface area contributed by atoms with Crippen LogP contribution in [0.2, 0.25) is 0 Å². The number of carbonyl (C=O) groups excluding carboxylic acids is 3.